The molecule has 0 aromatic carbocycles. The zero-order valence-electron chi connectivity index (χ0n) is 6.76. The smallest absolute Gasteiger partial charge is 0.154 e. The minimum atomic E-state index is -0.919. The van der Waals surface area contributed by atoms with E-state index in [1.54, 1.807) is 0 Å². The van der Waals surface area contributed by atoms with Gasteiger partial charge < -0.3 is 0 Å². The molecule has 0 aliphatic carbocycles. The molecule has 62 valence electrons. The molecule has 3 heteroatoms. The van der Waals surface area contributed by atoms with Crippen LogP contribution >= 0.6 is 12.6 Å². The Hall–Kier alpha value is 0.240. The van der Waals surface area contributed by atoms with Crippen molar-refractivity contribution in [2.75, 3.05) is 5.75 Å². The first kappa shape index (κ1) is 10.2. The minimum absolute atomic E-state index is 0.00858. The molecule has 2 unspecified atom stereocenters. The van der Waals surface area contributed by atoms with Crippen LogP contribution in [0.15, 0.2) is 0 Å². The van der Waals surface area contributed by atoms with E-state index in [0.717, 1.165) is 0 Å². The first-order chi connectivity index (χ1) is 4.57. The van der Waals surface area contributed by atoms with Crippen molar-refractivity contribution in [3.05, 3.63) is 0 Å². The van der Waals surface area contributed by atoms with Gasteiger partial charge in [0.2, 0.25) is 0 Å². The van der Waals surface area contributed by atoms with E-state index in [1.807, 2.05) is 20.8 Å². The molecule has 2 atom stereocenters. The van der Waals surface area contributed by atoms with Gasteiger partial charge in [0.05, 0.1) is 0 Å². The number of halogens is 1. The molecule has 0 aromatic heterocycles. The Bertz CT molecular complexity index is 87.7. The van der Waals surface area contributed by atoms with Crippen molar-refractivity contribution in [2.45, 2.75) is 33.1 Å². The predicted octanol–water partition coefficient (Wildman–Crippen LogP) is 1.85. The third-order valence-electron chi connectivity index (χ3n) is 1.28. The summed E-state index contributed by atoms with van der Waals surface area (Å²) in [7, 11) is 0. The number of thiol groups is 1. The summed E-state index contributed by atoms with van der Waals surface area (Å²) in [5, 5.41) is 2.78. The van der Waals surface area contributed by atoms with E-state index < -0.39 is 6.30 Å². The largest absolute Gasteiger partial charge is 0.285 e. The van der Waals surface area contributed by atoms with Crippen molar-refractivity contribution < 1.29 is 4.39 Å². The Balaban J connectivity index is 3.50. The summed E-state index contributed by atoms with van der Waals surface area (Å²) < 4.78 is 12.9. The van der Waals surface area contributed by atoms with Gasteiger partial charge in [-0.2, -0.15) is 12.6 Å². The Morgan fingerprint density at radius 1 is 1.40 bits per heavy atom. The van der Waals surface area contributed by atoms with Gasteiger partial charge in [-0.3, -0.25) is 5.32 Å². The number of nitrogens with one attached hydrogen (secondary N) is 1. The molecule has 0 saturated carbocycles. The van der Waals surface area contributed by atoms with Crippen LogP contribution in [0.4, 0.5) is 4.39 Å². The van der Waals surface area contributed by atoms with E-state index in [2.05, 4.69) is 17.9 Å². The fourth-order valence-electron chi connectivity index (χ4n) is 0.575. The highest BCUT2D eigenvalue weighted by molar-refractivity contribution is 7.80. The number of alkyl halides is 1. The molecule has 0 aliphatic heterocycles. The highest BCUT2D eigenvalue weighted by Gasteiger charge is 2.14. The lowest BCUT2D eigenvalue weighted by molar-refractivity contribution is 0.195. The van der Waals surface area contributed by atoms with Crippen LogP contribution < -0.4 is 5.32 Å². The second kappa shape index (κ2) is 4.97. The van der Waals surface area contributed by atoms with Crippen LogP contribution in [0.2, 0.25) is 0 Å². The van der Waals surface area contributed by atoms with Crippen LogP contribution in [0.1, 0.15) is 20.8 Å². The molecular weight excluding hydrogens is 149 g/mol. The summed E-state index contributed by atoms with van der Waals surface area (Å²) in [5.74, 6) is 0.576. The van der Waals surface area contributed by atoms with E-state index in [9.17, 15) is 4.39 Å². The summed E-state index contributed by atoms with van der Waals surface area (Å²) in [6.45, 7) is 5.70. The van der Waals surface area contributed by atoms with Gasteiger partial charge in [-0.1, -0.05) is 6.92 Å². The van der Waals surface area contributed by atoms with Crippen LogP contribution in [0, 0.1) is 5.92 Å². The lowest BCUT2D eigenvalue weighted by Gasteiger charge is -2.18. The number of hydrogen-bond acceptors (Lipinski definition) is 2. The van der Waals surface area contributed by atoms with E-state index in [1.165, 1.54) is 0 Å². The molecule has 0 fully saturated rings. The fraction of sp³-hybridized carbons (Fsp3) is 1.00. The van der Waals surface area contributed by atoms with Gasteiger partial charge in [-0.15, -0.1) is 0 Å². The van der Waals surface area contributed by atoms with Crippen LogP contribution in [-0.2, 0) is 0 Å². The predicted molar refractivity (Wildman–Crippen MR) is 46.2 cm³/mol. The van der Waals surface area contributed by atoms with Gasteiger partial charge in [0, 0.05) is 12.0 Å². The highest BCUT2D eigenvalue weighted by atomic mass is 32.1. The molecule has 1 N–H and O–H groups in total. The second-order valence-corrected chi connectivity index (χ2v) is 3.25. The van der Waals surface area contributed by atoms with Crippen LogP contribution in [0.3, 0.4) is 0 Å². The van der Waals surface area contributed by atoms with Crippen molar-refractivity contribution in [3.8, 4) is 0 Å². The average molecular weight is 165 g/mol. The van der Waals surface area contributed by atoms with Gasteiger partial charge in [-0.05, 0) is 19.6 Å². The lowest BCUT2D eigenvalue weighted by Crippen LogP contribution is -2.36. The van der Waals surface area contributed by atoms with Crippen molar-refractivity contribution in [1.29, 1.82) is 0 Å². The maximum atomic E-state index is 12.9. The Morgan fingerprint density at radius 2 is 1.90 bits per heavy atom. The number of rotatable bonds is 4. The Labute approximate surface area is 67.8 Å². The molecule has 0 amide bonds. The Morgan fingerprint density at radius 3 is 2.20 bits per heavy atom. The molecule has 0 aromatic rings. The third-order valence-corrected chi connectivity index (χ3v) is 1.86. The van der Waals surface area contributed by atoms with E-state index >= 15 is 0 Å². The molecule has 10 heavy (non-hydrogen) atoms. The van der Waals surface area contributed by atoms with Gasteiger partial charge in [-0.25, -0.2) is 4.39 Å². The summed E-state index contributed by atoms with van der Waals surface area (Å²) in [4.78, 5) is 0. The van der Waals surface area contributed by atoms with Gasteiger partial charge >= 0.3 is 0 Å². The van der Waals surface area contributed by atoms with Crippen molar-refractivity contribution in [1.82, 2.24) is 5.32 Å². The van der Waals surface area contributed by atoms with Crippen LogP contribution in [-0.4, -0.2) is 18.1 Å². The molecule has 1 nitrogen and oxygen atoms in total. The highest BCUT2D eigenvalue weighted by Crippen LogP contribution is 2.06. The van der Waals surface area contributed by atoms with Crippen molar-refractivity contribution >= 4 is 12.6 Å². The molecule has 0 rings (SSSR count). The maximum Gasteiger partial charge on any atom is 0.154 e. The maximum absolute atomic E-state index is 12.9. The van der Waals surface area contributed by atoms with E-state index in [-0.39, 0.29) is 12.0 Å². The molecule has 0 aliphatic rings. The lowest BCUT2D eigenvalue weighted by atomic mass is 10.2. The standard InChI is InChI=1S/C7H16FNS/c1-5(2)9-7(8)6(3)4-10/h5-7,9-10H,4H2,1-3H3. The first-order valence-corrected chi connectivity index (χ1v) is 4.22. The van der Waals surface area contributed by atoms with Crippen LogP contribution in [0.25, 0.3) is 0 Å². The first-order valence-electron chi connectivity index (χ1n) is 3.59. The monoisotopic (exact) mass is 165 g/mol. The summed E-state index contributed by atoms with van der Waals surface area (Å²) in [6, 6.07) is 0.206. The SMILES string of the molecule is CC(C)NC(F)C(C)CS. The quantitative estimate of drug-likeness (QED) is 0.478. The topological polar surface area (TPSA) is 12.0 Å². The minimum Gasteiger partial charge on any atom is -0.285 e. The summed E-state index contributed by atoms with van der Waals surface area (Å²) >= 11 is 4.00. The average Bonchev–Trinajstić information content (AvgIpc) is 1.85. The fourth-order valence-corrected chi connectivity index (χ4v) is 0.760. The third kappa shape index (κ3) is 4.12. The molecule has 0 spiro atoms. The normalized spacial score (nSPS) is 17.4. The molecule has 0 heterocycles. The van der Waals surface area contributed by atoms with Gasteiger partial charge in [0.25, 0.3) is 0 Å². The molecule has 0 radical (unpaired) electrons. The van der Waals surface area contributed by atoms with E-state index in [4.69, 9.17) is 0 Å². The zero-order chi connectivity index (χ0) is 8.15. The van der Waals surface area contributed by atoms with Gasteiger partial charge in [0.15, 0.2) is 6.30 Å². The molecule has 0 bridgehead atoms. The van der Waals surface area contributed by atoms with Gasteiger partial charge in [0.1, 0.15) is 0 Å². The van der Waals surface area contributed by atoms with Crippen molar-refractivity contribution in [3.63, 3.8) is 0 Å². The van der Waals surface area contributed by atoms with E-state index in [0.29, 0.717) is 5.75 Å². The van der Waals surface area contributed by atoms with Crippen molar-refractivity contribution in [2.24, 2.45) is 5.92 Å². The summed E-state index contributed by atoms with van der Waals surface area (Å²) in [6.07, 6.45) is -0.919. The second-order valence-electron chi connectivity index (χ2n) is 2.88. The van der Waals surface area contributed by atoms with Crippen LogP contribution in [0.5, 0.6) is 0 Å². The number of hydrogen-bond donors (Lipinski definition) is 2. The zero-order valence-corrected chi connectivity index (χ0v) is 7.66. The molecule has 0 saturated heterocycles. The Kier molecular flexibility index (Phi) is 5.09. The molecular formula is C7H16FNS. The summed E-state index contributed by atoms with van der Waals surface area (Å²) in [5.41, 5.74) is 0.